The largest absolute Gasteiger partial charge is 0.268 e. The van der Waals surface area contributed by atoms with Gasteiger partial charge in [0, 0.05) is 24.2 Å². The summed E-state index contributed by atoms with van der Waals surface area (Å²) in [5.74, 6) is 0. The smallest absolute Gasteiger partial charge is 0.0740 e. The zero-order chi connectivity index (χ0) is 11.4. The number of halogens is 1. The fourth-order valence-corrected chi connectivity index (χ4v) is 2.08. The summed E-state index contributed by atoms with van der Waals surface area (Å²) in [5, 5.41) is 6.82. The molecule has 2 aromatic rings. The predicted octanol–water partition coefficient (Wildman–Crippen LogP) is 3.46. The van der Waals surface area contributed by atoms with Gasteiger partial charge in [-0.2, -0.15) is 5.10 Å². The maximum absolute atomic E-state index is 4.54. The van der Waals surface area contributed by atoms with Gasteiger partial charge in [0.25, 0.3) is 0 Å². The van der Waals surface area contributed by atoms with Gasteiger partial charge in [0.15, 0.2) is 0 Å². The van der Waals surface area contributed by atoms with Gasteiger partial charge in [-0.3, -0.25) is 4.68 Å². The van der Waals surface area contributed by atoms with Crippen molar-refractivity contribution in [2.45, 2.75) is 12.8 Å². The van der Waals surface area contributed by atoms with Gasteiger partial charge in [0.2, 0.25) is 0 Å². The first-order valence-electron chi connectivity index (χ1n) is 5.44. The van der Waals surface area contributed by atoms with E-state index in [0.717, 1.165) is 23.9 Å². The van der Waals surface area contributed by atoms with Crippen molar-refractivity contribution in [1.29, 1.82) is 0 Å². The second kappa shape index (κ2) is 5.30. The van der Waals surface area contributed by atoms with Gasteiger partial charge in [-0.25, -0.2) is 0 Å². The molecule has 0 unspecified atom stereocenters. The second-order valence-corrected chi connectivity index (χ2v) is 4.53. The number of aromatic nitrogens is 2. The van der Waals surface area contributed by atoms with E-state index in [1.165, 1.54) is 10.9 Å². The molecular formula is C13H15BrN2. The van der Waals surface area contributed by atoms with Crippen molar-refractivity contribution < 1.29 is 0 Å². The molecule has 0 amide bonds. The number of benzene rings is 1. The van der Waals surface area contributed by atoms with Crippen molar-refractivity contribution in [3.8, 4) is 0 Å². The molecule has 0 aliphatic rings. The normalized spacial score (nSPS) is 11.6. The van der Waals surface area contributed by atoms with Crippen molar-refractivity contribution >= 4 is 26.8 Å². The lowest BCUT2D eigenvalue weighted by molar-refractivity contribution is 0.776. The minimum atomic E-state index is 0.911. The average molecular weight is 279 g/mol. The molecular weight excluding hydrogens is 264 g/mol. The number of alkyl halides is 1. The molecule has 0 fully saturated rings. The highest BCUT2D eigenvalue weighted by Crippen LogP contribution is 2.17. The lowest BCUT2D eigenvalue weighted by Crippen LogP contribution is -1.90. The number of aryl methyl sites for hydroxylation is 1. The molecule has 0 bridgehead atoms. The minimum absolute atomic E-state index is 0.911. The molecule has 0 spiro atoms. The van der Waals surface area contributed by atoms with Crippen molar-refractivity contribution in [3.05, 3.63) is 42.1 Å². The van der Waals surface area contributed by atoms with Crippen LogP contribution in [-0.2, 0) is 13.5 Å². The number of hydrogen-bond acceptors (Lipinski definition) is 1. The Hall–Kier alpha value is -1.09. The highest BCUT2D eigenvalue weighted by atomic mass is 79.9. The first-order chi connectivity index (χ1) is 7.83. The Bertz CT molecular complexity index is 500. The van der Waals surface area contributed by atoms with Gasteiger partial charge in [-0.1, -0.05) is 46.3 Å². The summed E-state index contributed by atoms with van der Waals surface area (Å²) in [7, 11) is 1.99. The maximum atomic E-state index is 4.54. The van der Waals surface area contributed by atoms with Crippen molar-refractivity contribution in [2.24, 2.45) is 7.05 Å². The van der Waals surface area contributed by atoms with E-state index in [0.29, 0.717) is 0 Å². The lowest BCUT2D eigenvalue weighted by Gasteiger charge is -1.91. The summed E-state index contributed by atoms with van der Waals surface area (Å²) in [6.45, 7) is 0. The third kappa shape index (κ3) is 2.35. The van der Waals surface area contributed by atoms with Gasteiger partial charge < -0.3 is 0 Å². The summed E-state index contributed by atoms with van der Waals surface area (Å²) < 4.78 is 1.95. The van der Waals surface area contributed by atoms with E-state index in [1.807, 2.05) is 11.7 Å². The van der Waals surface area contributed by atoms with Crippen molar-refractivity contribution in [3.63, 3.8) is 0 Å². The van der Waals surface area contributed by atoms with Gasteiger partial charge in [0.05, 0.1) is 11.2 Å². The van der Waals surface area contributed by atoms with Crippen LogP contribution in [0.25, 0.3) is 10.9 Å². The van der Waals surface area contributed by atoms with Crippen LogP contribution < -0.4 is 0 Å². The van der Waals surface area contributed by atoms with Crippen LogP contribution in [0.2, 0.25) is 0 Å². The predicted molar refractivity (Wildman–Crippen MR) is 72.0 cm³/mol. The number of para-hydroxylation sites is 1. The number of allylic oxidation sites excluding steroid dienone is 2. The molecule has 2 nitrogen and oxygen atoms in total. The van der Waals surface area contributed by atoms with Crippen LogP contribution in [0.15, 0.2) is 36.4 Å². The van der Waals surface area contributed by atoms with Crippen LogP contribution in [-0.4, -0.2) is 15.1 Å². The number of fused-ring (bicyclic) bond motifs is 1. The quantitative estimate of drug-likeness (QED) is 0.619. The van der Waals surface area contributed by atoms with E-state index >= 15 is 0 Å². The molecule has 84 valence electrons. The standard InChI is InChI=1S/C13H15BrN2/c1-16-13-9-5-4-7-11(13)12(15-16)8-3-2-6-10-14/h2-5,7,9H,6,8,10H2,1H3. The van der Waals surface area contributed by atoms with Crippen molar-refractivity contribution in [1.82, 2.24) is 9.78 Å². The van der Waals surface area contributed by atoms with Crippen LogP contribution >= 0.6 is 15.9 Å². The Morgan fingerprint density at radius 1 is 1.31 bits per heavy atom. The average Bonchev–Trinajstić information content (AvgIpc) is 2.63. The SMILES string of the molecule is Cn1nc(CC=CCCBr)c2ccccc21. The molecule has 1 heterocycles. The van der Waals surface area contributed by atoms with E-state index in [-0.39, 0.29) is 0 Å². The Labute approximate surface area is 104 Å². The molecule has 2 rings (SSSR count). The van der Waals surface area contributed by atoms with Crippen LogP contribution in [0.3, 0.4) is 0 Å². The van der Waals surface area contributed by atoms with E-state index < -0.39 is 0 Å². The lowest BCUT2D eigenvalue weighted by atomic mass is 10.1. The zero-order valence-electron chi connectivity index (χ0n) is 9.36. The molecule has 0 aliphatic heterocycles. The molecule has 1 aromatic carbocycles. The molecule has 0 saturated heterocycles. The molecule has 0 atom stereocenters. The Kier molecular flexibility index (Phi) is 3.78. The third-order valence-corrected chi connectivity index (χ3v) is 3.05. The molecule has 3 heteroatoms. The number of rotatable bonds is 4. The summed E-state index contributed by atoms with van der Waals surface area (Å²) in [6, 6.07) is 8.36. The van der Waals surface area contributed by atoms with E-state index in [4.69, 9.17) is 0 Å². The van der Waals surface area contributed by atoms with Crippen LogP contribution in [0.4, 0.5) is 0 Å². The van der Waals surface area contributed by atoms with E-state index in [2.05, 4.69) is 57.4 Å². The summed E-state index contributed by atoms with van der Waals surface area (Å²) in [6.07, 6.45) is 6.37. The van der Waals surface area contributed by atoms with Crippen LogP contribution in [0.1, 0.15) is 12.1 Å². The first-order valence-corrected chi connectivity index (χ1v) is 6.56. The molecule has 1 aromatic heterocycles. The van der Waals surface area contributed by atoms with Gasteiger partial charge in [-0.05, 0) is 12.5 Å². The minimum Gasteiger partial charge on any atom is -0.268 e. The third-order valence-electron chi connectivity index (χ3n) is 2.59. The zero-order valence-corrected chi connectivity index (χ0v) is 10.9. The summed E-state index contributed by atoms with van der Waals surface area (Å²) in [4.78, 5) is 0. The molecule has 0 aliphatic carbocycles. The van der Waals surface area contributed by atoms with Crippen LogP contribution in [0, 0.1) is 0 Å². The fourth-order valence-electron chi connectivity index (χ4n) is 1.82. The monoisotopic (exact) mass is 278 g/mol. The second-order valence-electron chi connectivity index (χ2n) is 3.74. The number of nitrogens with zero attached hydrogens (tertiary/aromatic N) is 2. The van der Waals surface area contributed by atoms with Crippen molar-refractivity contribution in [2.75, 3.05) is 5.33 Å². The maximum Gasteiger partial charge on any atom is 0.0740 e. The van der Waals surface area contributed by atoms with Gasteiger partial charge in [-0.15, -0.1) is 0 Å². The molecule has 16 heavy (non-hydrogen) atoms. The molecule has 0 N–H and O–H groups in total. The van der Waals surface area contributed by atoms with Gasteiger partial charge in [0.1, 0.15) is 0 Å². The summed E-state index contributed by atoms with van der Waals surface area (Å²) >= 11 is 3.41. The molecule has 0 radical (unpaired) electrons. The van der Waals surface area contributed by atoms with Crippen LogP contribution in [0.5, 0.6) is 0 Å². The Balaban J connectivity index is 2.24. The Morgan fingerprint density at radius 3 is 2.94 bits per heavy atom. The van der Waals surface area contributed by atoms with E-state index in [1.54, 1.807) is 0 Å². The summed E-state index contributed by atoms with van der Waals surface area (Å²) in [5.41, 5.74) is 2.36. The van der Waals surface area contributed by atoms with Gasteiger partial charge >= 0.3 is 0 Å². The topological polar surface area (TPSA) is 17.8 Å². The highest BCUT2D eigenvalue weighted by Gasteiger charge is 2.05. The Morgan fingerprint density at radius 2 is 2.12 bits per heavy atom. The highest BCUT2D eigenvalue weighted by molar-refractivity contribution is 9.09. The molecule has 0 saturated carbocycles. The van der Waals surface area contributed by atoms with E-state index in [9.17, 15) is 0 Å². The first kappa shape index (κ1) is 11.4. The number of hydrogen-bond donors (Lipinski definition) is 0. The fraction of sp³-hybridized carbons (Fsp3) is 0.308.